The number of alkyl halides is 3. The van der Waals surface area contributed by atoms with Gasteiger partial charge in [-0.25, -0.2) is 0 Å². The topological polar surface area (TPSA) is 29.3 Å². The Labute approximate surface area is 110 Å². The molecule has 0 amide bonds. The number of hydrogen-bond donors (Lipinski definition) is 1. The van der Waals surface area contributed by atoms with Gasteiger partial charge in [-0.1, -0.05) is 13.0 Å². The van der Waals surface area contributed by atoms with Crippen LogP contribution in [-0.2, 0) is 6.42 Å². The quantitative estimate of drug-likeness (QED) is 0.868. The smallest absolute Gasteiger partial charge is 0.326 e. The van der Waals surface area contributed by atoms with Crippen LogP contribution in [0, 0.1) is 0 Å². The molecule has 1 aromatic heterocycles. The van der Waals surface area contributed by atoms with E-state index in [2.05, 4.69) is 0 Å². The van der Waals surface area contributed by atoms with Crippen LogP contribution < -0.4 is 5.73 Å². The van der Waals surface area contributed by atoms with Gasteiger partial charge in [0, 0.05) is 17.5 Å². The maximum absolute atomic E-state index is 13.0. The molecule has 1 rings (SSSR count). The molecular formula is C12H19F3N2S. The second-order valence-corrected chi connectivity index (χ2v) is 5.40. The Balaban J connectivity index is 2.62. The van der Waals surface area contributed by atoms with E-state index in [-0.39, 0.29) is 0 Å². The van der Waals surface area contributed by atoms with Crippen molar-refractivity contribution in [3.05, 3.63) is 22.4 Å². The van der Waals surface area contributed by atoms with Gasteiger partial charge in [0.05, 0.1) is 0 Å². The molecule has 0 aromatic carbocycles. The number of rotatable bonds is 6. The molecule has 0 spiro atoms. The highest BCUT2D eigenvalue weighted by Crippen LogP contribution is 2.27. The van der Waals surface area contributed by atoms with E-state index >= 15 is 0 Å². The predicted octanol–water partition coefficient (Wildman–Crippen LogP) is 2.89. The first-order chi connectivity index (χ1) is 8.36. The summed E-state index contributed by atoms with van der Waals surface area (Å²) in [6, 6.07) is 1.39. The zero-order chi connectivity index (χ0) is 13.8. The van der Waals surface area contributed by atoms with Crippen LogP contribution in [0.5, 0.6) is 0 Å². The summed E-state index contributed by atoms with van der Waals surface area (Å²) in [6.45, 7) is 2.04. The van der Waals surface area contributed by atoms with Crippen LogP contribution in [-0.4, -0.2) is 36.8 Å². The molecular weight excluding hydrogens is 261 g/mol. The fraction of sp³-hybridized carbons (Fsp3) is 0.667. The molecule has 1 heterocycles. The zero-order valence-electron chi connectivity index (χ0n) is 10.6. The highest BCUT2D eigenvalue weighted by Gasteiger charge is 2.45. The Bertz CT molecular complexity index is 338. The van der Waals surface area contributed by atoms with E-state index in [1.54, 1.807) is 18.3 Å². The van der Waals surface area contributed by atoms with Crippen molar-refractivity contribution in [3.63, 3.8) is 0 Å². The van der Waals surface area contributed by atoms with Crippen molar-refractivity contribution in [2.75, 3.05) is 13.6 Å². The molecule has 18 heavy (non-hydrogen) atoms. The van der Waals surface area contributed by atoms with Gasteiger partial charge in [0.1, 0.15) is 6.04 Å². The summed E-state index contributed by atoms with van der Waals surface area (Å²) in [5.74, 6) is 0. The number of thiophene rings is 1. The summed E-state index contributed by atoms with van der Waals surface area (Å²) in [6.07, 6.45) is -3.34. The van der Waals surface area contributed by atoms with E-state index in [9.17, 15) is 13.2 Å². The maximum atomic E-state index is 13.0. The number of likely N-dealkylation sites (N-methyl/N-ethyl adjacent to an activating group) is 1. The molecule has 0 saturated carbocycles. The Morgan fingerprint density at radius 3 is 2.56 bits per heavy atom. The third kappa shape index (κ3) is 4.26. The van der Waals surface area contributed by atoms with E-state index in [1.165, 1.54) is 11.9 Å². The van der Waals surface area contributed by atoms with Gasteiger partial charge < -0.3 is 5.73 Å². The van der Waals surface area contributed by atoms with Gasteiger partial charge in [0.2, 0.25) is 0 Å². The normalized spacial score (nSPS) is 15.9. The van der Waals surface area contributed by atoms with E-state index in [4.69, 9.17) is 5.73 Å². The van der Waals surface area contributed by atoms with Crippen LogP contribution in [0.1, 0.15) is 18.2 Å². The number of halogens is 3. The van der Waals surface area contributed by atoms with Gasteiger partial charge in [-0.3, -0.25) is 4.90 Å². The minimum Gasteiger partial charge on any atom is -0.326 e. The largest absolute Gasteiger partial charge is 0.405 e. The van der Waals surface area contributed by atoms with Crippen LogP contribution in [0.15, 0.2) is 17.5 Å². The number of nitrogens with two attached hydrogens (primary N) is 1. The molecule has 0 fully saturated rings. The molecule has 0 aliphatic carbocycles. The lowest BCUT2D eigenvalue weighted by Gasteiger charge is -2.33. The summed E-state index contributed by atoms with van der Waals surface area (Å²) in [4.78, 5) is 2.40. The maximum Gasteiger partial charge on any atom is 0.405 e. The molecule has 2 N–H and O–H groups in total. The Kier molecular flexibility index (Phi) is 5.62. The Morgan fingerprint density at radius 2 is 2.11 bits per heavy atom. The van der Waals surface area contributed by atoms with Gasteiger partial charge in [0.25, 0.3) is 0 Å². The summed E-state index contributed by atoms with van der Waals surface area (Å²) < 4.78 is 38.9. The lowest BCUT2D eigenvalue weighted by molar-refractivity contribution is -0.185. The second kappa shape index (κ2) is 6.54. The van der Waals surface area contributed by atoms with Crippen LogP contribution in [0.2, 0.25) is 0 Å². The first kappa shape index (κ1) is 15.5. The first-order valence-electron chi connectivity index (χ1n) is 5.91. The van der Waals surface area contributed by atoms with Crippen molar-refractivity contribution in [3.8, 4) is 0 Å². The van der Waals surface area contributed by atoms with Crippen molar-refractivity contribution in [2.24, 2.45) is 5.73 Å². The molecule has 2 unspecified atom stereocenters. The molecule has 104 valence electrons. The van der Waals surface area contributed by atoms with Crippen molar-refractivity contribution in [1.29, 1.82) is 0 Å². The minimum absolute atomic E-state index is 0.313. The van der Waals surface area contributed by atoms with Crippen molar-refractivity contribution < 1.29 is 13.2 Å². The molecule has 0 aliphatic rings. The van der Waals surface area contributed by atoms with E-state index in [1.807, 2.05) is 17.5 Å². The standard InChI is InChI=1S/C12H19F3N2S/c1-3-10(16)11(12(13,14)15)17(2)7-6-9-5-4-8-18-9/h4-5,8,10-11H,3,6-7,16H2,1-2H3. The monoisotopic (exact) mass is 280 g/mol. The highest BCUT2D eigenvalue weighted by atomic mass is 32.1. The van der Waals surface area contributed by atoms with E-state index in [0.29, 0.717) is 19.4 Å². The molecule has 2 atom stereocenters. The van der Waals surface area contributed by atoms with Gasteiger partial charge in [-0.05, 0) is 31.3 Å². The molecule has 2 nitrogen and oxygen atoms in total. The molecule has 0 bridgehead atoms. The van der Waals surface area contributed by atoms with Crippen LogP contribution in [0.3, 0.4) is 0 Å². The van der Waals surface area contributed by atoms with Crippen molar-refractivity contribution >= 4 is 11.3 Å². The molecule has 1 aromatic rings. The van der Waals surface area contributed by atoms with Gasteiger partial charge in [-0.2, -0.15) is 13.2 Å². The number of nitrogens with zero attached hydrogens (tertiary/aromatic N) is 1. The third-order valence-corrected chi connectivity index (χ3v) is 3.91. The summed E-state index contributed by atoms with van der Waals surface area (Å²) in [7, 11) is 1.49. The average Bonchev–Trinajstić information content (AvgIpc) is 2.77. The zero-order valence-corrected chi connectivity index (χ0v) is 11.4. The van der Waals surface area contributed by atoms with E-state index in [0.717, 1.165) is 4.88 Å². The fourth-order valence-electron chi connectivity index (χ4n) is 1.92. The second-order valence-electron chi connectivity index (χ2n) is 4.37. The summed E-state index contributed by atoms with van der Waals surface area (Å²) >= 11 is 1.56. The SMILES string of the molecule is CCC(N)C(N(C)CCc1cccs1)C(F)(F)F. The third-order valence-electron chi connectivity index (χ3n) is 2.98. The minimum atomic E-state index is -4.28. The van der Waals surface area contributed by atoms with Gasteiger partial charge >= 0.3 is 6.18 Å². The fourth-order valence-corrected chi connectivity index (χ4v) is 2.62. The first-order valence-corrected chi connectivity index (χ1v) is 6.79. The summed E-state index contributed by atoms with van der Waals surface area (Å²) in [5, 5.41) is 1.92. The van der Waals surface area contributed by atoms with Crippen molar-refractivity contribution in [2.45, 2.75) is 38.0 Å². The lowest BCUT2D eigenvalue weighted by Crippen LogP contribution is -2.54. The van der Waals surface area contributed by atoms with Crippen LogP contribution in [0.25, 0.3) is 0 Å². The summed E-state index contributed by atoms with van der Waals surface area (Å²) in [5.41, 5.74) is 5.59. The van der Waals surface area contributed by atoms with Gasteiger partial charge in [0.15, 0.2) is 0 Å². The average molecular weight is 280 g/mol. The van der Waals surface area contributed by atoms with E-state index < -0.39 is 18.3 Å². The highest BCUT2D eigenvalue weighted by molar-refractivity contribution is 7.09. The Hall–Kier alpha value is -0.590. The molecule has 6 heteroatoms. The molecule has 0 aliphatic heterocycles. The molecule has 0 saturated heterocycles. The van der Waals surface area contributed by atoms with Crippen LogP contribution >= 0.6 is 11.3 Å². The lowest BCUT2D eigenvalue weighted by atomic mass is 10.0. The van der Waals surface area contributed by atoms with Crippen molar-refractivity contribution in [1.82, 2.24) is 4.90 Å². The molecule has 0 radical (unpaired) electrons. The number of hydrogen-bond acceptors (Lipinski definition) is 3. The predicted molar refractivity (Wildman–Crippen MR) is 68.8 cm³/mol. The van der Waals surface area contributed by atoms with Gasteiger partial charge in [-0.15, -0.1) is 11.3 Å². The van der Waals surface area contributed by atoms with Crippen LogP contribution in [0.4, 0.5) is 13.2 Å². The Morgan fingerprint density at radius 1 is 1.44 bits per heavy atom.